The van der Waals surface area contributed by atoms with Crippen LogP contribution in [-0.2, 0) is 30.4 Å². The molecule has 1 fully saturated rings. The molecule has 1 saturated heterocycles. The minimum absolute atomic E-state index is 0.00134. The van der Waals surface area contributed by atoms with Crippen LogP contribution < -0.4 is 5.32 Å². The van der Waals surface area contributed by atoms with E-state index in [2.05, 4.69) is 26.1 Å². The van der Waals surface area contributed by atoms with Gasteiger partial charge in [0.1, 0.15) is 11.2 Å². The number of rotatable bonds is 8. The summed E-state index contributed by atoms with van der Waals surface area (Å²) in [6, 6.07) is 3.55. The average Bonchev–Trinajstić information content (AvgIpc) is 3.29. The molecule has 8 nitrogen and oxygen atoms in total. The molecule has 2 aliphatic heterocycles. The highest BCUT2D eigenvalue weighted by Gasteiger charge is 2.60. The van der Waals surface area contributed by atoms with E-state index in [0.717, 1.165) is 12.8 Å². The zero-order valence-corrected chi connectivity index (χ0v) is 21.2. The molecule has 0 aromatic carbocycles. The molecule has 2 aliphatic rings. The van der Waals surface area contributed by atoms with Crippen molar-refractivity contribution in [3.63, 3.8) is 0 Å². The maximum Gasteiger partial charge on any atom is 0.320 e. The fourth-order valence-electron chi connectivity index (χ4n) is 4.86. The third kappa shape index (κ3) is 5.06. The van der Waals surface area contributed by atoms with Crippen molar-refractivity contribution >= 4 is 17.8 Å². The zero-order chi connectivity index (χ0) is 25.1. The van der Waals surface area contributed by atoms with E-state index < -0.39 is 23.4 Å². The molecule has 8 heteroatoms. The van der Waals surface area contributed by atoms with Gasteiger partial charge in [-0.15, -0.1) is 0 Å². The molecule has 1 aromatic rings. The Balaban J connectivity index is 2.06. The van der Waals surface area contributed by atoms with E-state index in [9.17, 15) is 14.4 Å². The Labute approximate surface area is 202 Å². The van der Waals surface area contributed by atoms with Crippen molar-refractivity contribution in [2.75, 3.05) is 13.7 Å². The molecule has 0 unspecified atom stereocenters. The lowest BCUT2D eigenvalue weighted by Gasteiger charge is -2.52. The average molecular weight is 475 g/mol. The molecule has 1 N–H and O–H groups in total. The number of unbranched alkanes of at least 4 members (excludes halogenated alkanes) is 1. The van der Waals surface area contributed by atoms with Gasteiger partial charge in [-0.2, -0.15) is 0 Å². The number of nitrogens with one attached hydrogen (secondary N) is 1. The summed E-state index contributed by atoms with van der Waals surface area (Å²) in [5.41, 5.74) is -0.883. The smallest absolute Gasteiger partial charge is 0.320 e. The van der Waals surface area contributed by atoms with Crippen molar-refractivity contribution in [3.05, 3.63) is 35.9 Å². The normalized spacial score (nSPS) is 27.1. The lowest BCUT2D eigenvalue weighted by molar-refractivity contribution is -0.180. The number of esters is 1. The fourth-order valence-corrected chi connectivity index (χ4v) is 4.86. The summed E-state index contributed by atoms with van der Waals surface area (Å²) in [4.78, 5) is 41.4. The van der Waals surface area contributed by atoms with Gasteiger partial charge < -0.3 is 24.1 Å². The Morgan fingerprint density at radius 3 is 2.65 bits per heavy atom. The summed E-state index contributed by atoms with van der Waals surface area (Å²) in [5, 5.41) is 2.89. The van der Waals surface area contributed by atoms with E-state index in [1.165, 1.54) is 7.11 Å². The summed E-state index contributed by atoms with van der Waals surface area (Å²) in [7, 11) is 1.34. The zero-order valence-electron chi connectivity index (χ0n) is 21.2. The van der Waals surface area contributed by atoms with Crippen molar-refractivity contribution in [1.29, 1.82) is 0 Å². The summed E-state index contributed by atoms with van der Waals surface area (Å²) in [5.74, 6) is -0.965. The minimum atomic E-state index is -1.20. The van der Waals surface area contributed by atoms with E-state index in [-0.39, 0.29) is 42.7 Å². The Morgan fingerprint density at radius 1 is 1.32 bits per heavy atom. The molecule has 0 bridgehead atoms. The molecule has 188 valence electrons. The van der Waals surface area contributed by atoms with Crippen molar-refractivity contribution in [2.24, 2.45) is 16.7 Å². The predicted octanol–water partition coefficient (Wildman–Crippen LogP) is 3.81. The number of nitrogens with zero attached hydrogens (tertiary/aromatic N) is 1. The minimum Gasteiger partial charge on any atom is -0.468 e. The van der Waals surface area contributed by atoms with Gasteiger partial charge >= 0.3 is 5.97 Å². The standard InChI is InChI=1S/C26H38N2O6/c1-7-8-11-27-22(29)13-18-15-26(24(31)32-6)17(2)34-21(25(3,4)5)14-20(26)28(23(18)30)16-19-10-9-12-33-19/h9-10,12,14,17-18,21H,7-8,11,13,15-16H2,1-6H3,(H,27,29)/t17-,18+,21-,26+/m1/s1. The number of carbonyl (C=O) groups is 3. The number of methoxy groups -OCH3 is 1. The van der Waals surface area contributed by atoms with Gasteiger partial charge in [-0.3, -0.25) is 14.4 Å². The number of likely N-dealkylation sites (tertiary alicyclic amines) is 1. The van der Waals surface area contributed by atoms with Gasteiger partial charge in [0.05, 0.1) is 32.1 Å². The first-order valence-electron chi connectivity index (χ1n) is 12.1. The van der Waals surface area contributed by atoms with E-state index >= 15 is 0 Å². The van der Waals surface area contributed by atoms with Crippen LogP contribution in [0.2, 0.25) is 0 Å². The fraction of sp³-hybridized carbons (Fsp3) is 0.654. The van der Waals surface area contributed by atoms with Crippen LogP contribution in [0.4, 0.5) is 0 Å². The van der Waals surface area contributed by atoms with E-state index in [1.807, 2.05) is 19.9 Å². The first-order chi connectivity index (χ1) is 16.0. The molecule has 0 radical (unpaired) electrons. The molecule has 0 saturated carbocycles. The van der Waals surface area contributed by atoms with Gasteiger partial charge in [0, 0.05) is 24.6 Å². The lowest BCUT2D eigenvalue weighted by atomic mass is 9.65. The number of carbonyl (C=O) groups excluding carboxylic acids is 3. The van der Waals surface area contributed by atoms with Crippen molar-refractivity contribution in [2.45, 2.75) is 79.1 Å². The molecular weight excluding hydrogens is 436 g/mol. The van der Waals surface area contributed by atoms with Crippen LogP contribution in [-0.4, -0.2) is 48.5 Å². The number of piperidine rings is 1. The van der Waals surface area contributed by atoms with Crippen LogP contribution in [0.1, 0.15) is 66.1 Å². The molecule has 34 heavy (non-hydrogen) atoms. The van der Waals surface area contributed by atoms with Gasteiger partial charge in [-0.25, -0.2) is 0 Å². The second kappa shape index (κ2) is 10.3. The van der Waals surface area contributed by atoms with Crippen LogP contribution in [0, 0.1) is 16.7 Å². The monoisotopic (exact) mass is 474 g/mol. The summed E-state index contributed by atoms with van der Waals surface area (Å²) >= 11 is 0. The molecule has 3 heterocycles. The Bertz CT molecular complexity index is 916. The van der Waals surface area contributed by atoms with Crippen molar-refractivity contribution in [3.8, 4) is 0 Å². The number of amides is 2. The number of furan rings is 1. The topological polar surface area (TPSA) is 98.1 Å². The van der Waals surface area contributed by atoms with Crippen molar-refractivity contribution < 1.29 is 28.3 Å². The Kier molecular flexibility index (Phi) is 7.91. The maximum absolute atomic E-state index is 13.8. The lowest BCUT2D eigenvalue weighted by Crippen LogP contribution is -2.60. The van der Waals surface area contributed by atoms with Gasteiger partial charge in [0.25, 0.3) is 0 Å². The first kappa shape index (κ1) is 26.0. The quantitative estimate of drug-likeness (QED) is 0.454. The van der Waals surface area contributed by atoms with Crippen molar-refractivity contribution in [1.82, 2.24) is 10.2 Å². The van der Waals surface area contributed by atoms with Crippen LogP contribution in [0.3, 0.4) is 0 Å². The van der Waals surface area contributed by atoms with Crippen LogP contribution >= 0.6 is 0 Å². The van der Waals surface area contributed by atoms with Crippen LogP contribution in [0.5, 0.6) is 0 Å². The summed E-state index contributed by atoms with van der Waals surface area (Å²) in [6.07, 6.45) is 4.55. The number of fused-ring (bicyclic) bond motifs is 1. The van der Waals surface area contributed by atoms with E-state index in [0.29, 0.717) is 18.0 Å². The second-order valence-electron chi connectivity index (χ2n) is 10.4. The van der Waals surface area contributed by atoms with E-state index in [4.69, 9.17) is 13.9 Å². The largest absolute Gasteiger partial charge is 0.468 e. The van der Waals surface area contributed by atoms with Crippen LogP contribution in [0.15, 0.2) is 34.6 Å². The number of ether oxygens (including phenoxy) is 2. The molecule has 4 atom stereocenters. The van der Waals surface area contributed by atoms with E-state index in [1.54, 1.807) is 23.3 Å². The van der Waals surface area contributed by atoms with Gasteiger partial charge in [-0.05, 0) is 43.4 Å². The predicted molar refractivity (Wildman–Crippen MR) is 126 cm³/mol. The Morgan fingerprint density at radius 2 is 2.06 bits per heavy atom. The number of hydrogen-bond donors (Lipinski definition) is 1. The highest BCUT2D eigenvalue weighted by molar-refractivity contribution is 5.92. The third-order valence-electron chi connectivity index (χ3n) is 6.87. The van der Waals surface area contributed by atoms with Gasteiger partial charge in [0.2, 0.25) is 11.8 Å². The van der Waals surface area contributed by atoms with Crippen LogP contribution in [0.25, 0.3) is 0 Å². The molecule has 0 aliphatic carbocycles. The molecule has 3 rings (SSSR count). The third-order valence-corrected chi connectivity index (χ3v) is 6.87. The molecule has 1 aromatic heterocycles. The first-order valence-corrected chi connectivity index (χ1v) is 12.1. The molecule has 0 spiro atoms. The highest BCUT2D eigenvalue weighted by Crippen LogP contribution is 2.52. The second-order valence-corrected chi connectivity index (χ2v) is 10.4. The summed E-state index contributed by atoms with van der Waals surface area (Å²) < 4.78 is 17.2. The maximum atomic E-state index is 13.8. The Hall–Kier alpha value is -2.61. The summed E-state index contributed by atoms with van der Waals surface area (Å²) in [6.45, 7) is 10.8. The highest BCUT2D eigenvalue weighted by atomic mass is 16.5. The molecular formula is C26H38N2O6. The number of hydrogen-bond acceptors (Lipinski definition) is 6. The molecule has 2 amide bonds. The van der Waals surface area contributed by atoms with Gasteiger partial charge in [-0.1, -0.05) is 34.1 Å². The SMILES string of the molecule is CCCCNC(=O)C[C@H]1C[C@@]2(C(=O)OC)C(=C[C@H](C(C)(C)C)O[C@@H]2C)N(Cc2ccco2)C1=O. The van der Waals surface area contributed by atoms with Gasteiger partial charge in [0.15, 0.2) is 0 Å².